The molecule has 142 valence electrons. The first-order valence-corrected chi connectivity index (χ1v) is 8.71. The van der Waals surface area contributed by atoms with Crippen molar-refractivity contribution in [1.82, 2.24) is 20.9 Å². The Morgan fingerprint density at radius 3 is 2.33 bits per heavy atom. The predicted molar refractivity (Wildman–Crippen MR) is 112 cm³/mol. The van der Waals surface area contributed by atoms with Crippen molar-refractivity contribution in [2.24, 2.45) is 10.9 Å². The summed E-state index contributed by atoms with van der Waals surface area (Å²) in [7, 11) is 1.73. The standard InChI is InChI=1S/C17H35N5O.HI/c1-13-7-9-22(10-8-13)14(2)11-19-16(18-6)20-12-15(23)21-17(3,4)5;/h13-14H,7-12H2,1-6H3,(H,21,23)(H2,18,19,20);1H. The molecule has 1 aliphatic rings. The van der Waals surface area contributed by atoms with E-state index in [9.17, 15) is 4.79 Å². The molecule has 1 unspecified atom stereocenters. The number of rotatable bonds is 5. The summed E-state index contributed by atoms with van der Waals surface area (Å²) in [5, 5.41) is 9.31. The molecule has 0 bridgehead atoms. The van der Waals surface area contributed by atoms with Crippen LogP contribution in [0.4, 0.5) is 0 Å². The van der Waals surface area contributed by atoms with Gasteiger partial charge in [0.15, 0.2) is 5.96 Å². The number of hydrogen-bond acceptors (Lipinski definition) is 3. The van der Waals surface area contributed by atoms with Crippen molar-refractivity contribution in [1.29, 1.82) is 0 Å². The number of likely N-dealkylation sites (tertiary alicyclic amines) is 1. The summed E-state index contributed by atoms with van der Waals surface area (Å²) in [6.45, 7) is 13.9. The number of amides is 1. The normalized spacial score (nSPS) is 18.5. The van der Waals surface area contributed by atoms with E-state index < -0.39 is 0 Å². The van der Waals surface area contributed by atoms with Gasteiger partial charge in [-0.1, -0.05) is 6.92 Å². The van der Waals surface area contributed by atoms with E-state index in [0.29, 0.717) is 12.0 Å². The van der Waals surface area contributed by atoms with Gasteiger partial charge < -0.3 is 16.0 Å². The Hall–Kier alpha value is -0.570. The number of piperidine rings is 1. The first kappa shape index (κ1) is 23.4. The van der Waals surface area contributed by atoms with Gasteiger partial charge in [-0.2, -0.15) is 0 Å². The fourth-order valence-corrected chi connectivity index (χ4v) is 2.69. The van der Waals surface area contributed by atoms with Gasteiger partial charge in [-0.15, -0.1) is 24.0 Å². The van der Waals surface area contributed by atoms with E-state index in [0.717, 1.165) is 12.5 Å². The smallest absolute Gasteiger partial charge is 0.239 e. The molecule has 1 heterocycles. The van der Waals surface area contributed by atoms with Crippen LogP contribution in [0.3, 0.4) is 0 Å². The Labute approximate surface area is 164 Å². The van der Waals surface area contributed by atoms with E-state index in [1.54, 1.807) is 7.05 Å². The minimum atomic E-state index is -0.213. The van der Waals surface area contributed by atoms with Crippen molar-refractivity contribution in [3.63, 3.8) is 0 Å². The fourth-order valence-electron chi connectivity index (χ4n) is 2.69. The maximum atomic E-state index is 11.8. The van der Waals surface area contributed by atoms with Gasteiger partial charge >= 0.3 is 0 Å². The van der Waals surface area contributed by atoms with Crippen molar-refractivity contribution in [2.75, 3.05) is 33.2 Å². The fraction of sp³-hybridized carbons (Fsp3) is 0.882. The number of halogens is 1. The Balaban J connectivity index is 0.00000529. The van der Waals surface area contributed by atoms with Gasteiger partial charge in [0.2, 0.25) is 5.91 Å². The number of guanidine groups is 1. The summed E-state index contributed by atoms with van der Waals surface area (Å²) < 4.78 is 0. The largest absolute Gasteiger partial charge is 0.355 e. The van der Waals surface area contributed by atoms with Gasteiger partial charge in [-0.3, -0.25) is 14.7 Å². The second-order valence-corrected chi connectivity index (χ2v) is 7.67. The second-order valence-electron chi connectivity index (χ2n) is 7.67. The molecule has 0 aromatic rings. The van der Waals surface area contributed by atoms with Crippen LogP contribution >= 0.6 is 24.0 Å². The number of aliphatic imine (C=N–C) groups is 1. The van der Waals surface area contributed by atoms with Crippen molar-refractivity contribution in [2.45, 2.75) is 59.0 Å². The highest BCUT2D eigenvalue weighted by Gasteiger charge is 2.20. The molecule has 0 spiro atoms. The van der Waals surface area contributed by atoms with Crippen LogP contribution in [0.15, 0.2) is 4.99 Å². The lowest BCUT2D eigenvalue weighted by atomic mass is 9.98. The predicted octanol–water partition coefficient (Wildman–Crippen LogP) is 1.80. The van der Waals surface area contributed by atoms with E-state index in [1.165, 1.54) is 25.9 Å². The number of hydrogen-bond donors (Lipinski definition) is 3. The Morgan fingerprint density at radius 1 is 1.25 bits per heavy atom. The van der Waals surface area contributed by atoms with Crippen molar-refractivity contribution < 1.29 is 4.79 Å². The molecule has 1 atom stereocenters. The first-order chi connectivity index (χ1) is 10.7. The zero-order valence-corrected chi connectivity index (χ0v) is 18.4. The number of nitrogens with one attached hydrogen (secondary N) is 3. The summed E-state index contributed by atoms with van der Waals surface area (Å²) >= 11 is 0. The summed E-state index contributed by atoms with van der Waals surface area (Å²) in [6.07, 6.45) is 2.56. The summed E-state index contributed by atoms with van der Waals surface area (Å²) in [4.78, 5) is 18.5. The summed E-state index contributed by atoms with van der Waals surface area (Å²) in [5.41, 5.74) is -0.213. The lowest BCUT2D eigenvalue weighted by Gasteiger charge is -2.35. The van der Waals surface area contributed by atoms with Gasteiger partial charge in [0.25, 0.3) is 0 Å². The average molecular weight is 453 g/mol. The van der Waals surface area contributed by atoms with Crippen LogP contribution < -0.4 is 16.0 Å². The van der Waals surface area contributed by atoms with Gasteiger partial charge in [-0.05, 0) is 59.5 Å². The van der Waals surface area contributed by atoms with Crippen LogP contribution in [0.2, 0.25) is 0 Å². The topological polar surface area (TPSA) is 68.8 Å². The minimum Gasteiger partial charge on any atom is -0.355 e. The van der Waals surface area contributed by atoms with Crippen LogP contribution in [0, 0.1) is 5.92 Å². The molecular weight excluding hydrogens is 417 g/mol. The molecule has 24 heavy (non-hydrogen) atoms. The van der Waals surface area contributed by atoms with Crippen molar-refractivity contribution in [3.05, 3.63) is 0 Å². The number of carbonyl (C=O) groups is 1. The number of nitrogens with zero attached hydrogens (tertiary/aromatic N) is 2. The molecule has 0 aromatic heterocycles. The van der Waals surface area contributed by atoms with Gasteiger partial charge in [0.1, 0.15) is 0 Å². The highest BCUT2D eigenvalue weighted by Crippen LogP contribution is 2.17. The second kappa shape index (κ2) is 11.1. The lowest BCUT2D eigenvalue weighted by Crippen LogP contribution is -2.51. The highest BCUT2D eigenvalue weighted by molar-refractivity contribution is 14.0. The van der Waals surface area contributed by atoms with E-state index in [4.69, 9.17) is 0 Å². The maximum Gasteiger partial charge on any atom is 0.239 e. The third-order valence-electron chi connectivity index (χ3n) is 4.16. The highest BCUT2D eigenvalue weighted by atomic mass is 127. The van der Waals surface area contributed by atoms with E-state index in [2.05, 4.69) is 39.7 Å². The Kier molecular flexibility index (Phi) is 10.9. The first-order valence-electron chi connectivity index (χ1n) is 8.71. The molecule has 0 saturated carbocycles. The molecule has 1 rings (SSSR count). The molecule has 1 fully saturated rings. The van der Waals surface area contributed by atoms with E-state index in [1.807, 2.05) is 20.8 Å². The monoisotopic (exact) mass is 453 g/mol. The van der Waals surface area contributed by atoms with E-state index in [-0.39, 0.29) is 42.0 Å². The number of carbonyl (C=O) groups excluding carboxylic acids is 1. The zero-order chi connectivity index (χ0) is 17.5. The summed E-state index contributed by atoms with van der Waals surface area (Å²) in [6, 6.07) is 0.462. The van der Waals surface area contributed by atoms with Gasteiger partial charge in [0.05, 0.1) is 6.54 Å². The van der Waals surface area contributed by atoms with Gasteiger partial charge in [-0.25, -0.2) is 0 Å². The van der Waals surface area contributed by atoms with Crippen molar-refractivity contribution in [3.8, 4) is 0 Å². The Morgan fingerprint density at radius 2 is 1.83 bits per heavy atom. The lowest BCUT2D eigenvalue weighted by molar-refractivity contribution is -0.121. The average Bonchev–Trinajstić information content (AvgIpc) is 2.46. The molecule has 1 saturated heterocycles. The molecule has 6 nitrogen and oxygen atoms in total. The molecule has 3 N–H and O–H groups in total. The molecule has 1 amide bonds. The van der Waals surface area contributed by atoms with E-state index >= 15 is 0 Å². The SMILES string of the molecule is CN=C(NCC(=O)NC(C)(C)C)NCC(C)N1CCC(C)CC1.I. The molecule has 7 heteroatoms. The minimum absolute atomic E-state index is 0. The summed E-state index contributed by atoms with van der Waals surface area (Å²) in [5.74, 6) is 1.49. The molecule has 0 aromatic carbocycles. The zero-order valence-electron chi connectivity index (χ0n) is 16.1. The van der Waals surface area contributed by atoms with Crippen LogP contribution in [0.5, 0.6) is 0 Å². The molecule has 0 radical (unpaired) electrons. The van der Waals surface area contributed by atoms with Crippen LogP contribution in [0.1, 0.15) is 47.5 Å². The molecule has 1 aliphatic heterocycles. The van der Waals surface area contributed by atoms with Crippen LogP contribution in [-0.4, -0.2) is 61.6 Å². The van der Waals surface area contributed by atoms with Crippen LogP contribution in [0.25, 0.3) is 0 Å². The Bertz CT molecular complexity index is 400. The quantitative estimate of drug-likeness (QED) is 0.338. The third kappa shape index (κ3) is 9.66. The van der Waals surface area contributed by atoms with Gasteiger partial charge in [0, 0.05) is 25.2 Å². The molecule has 0 aliphatic carbocycles. The molecular formula is C17H36IN5O. The third-order valence-corrected chi connectivity index (χ3v) is 4.16. The van der Waals surface area contributed by atoms with Crippen molar-refractivity contribution >= 4 is 35.8 Å². The van der Waals surface area contributed by atoms with Crippen LogP contribution in [-0.2, 0) is 4.79 Å². The maximum absolute atomic E-state index is 11.8.